The molecule has 0 saturated carbocycles. The van der Waals surface area contributed by atoms with Crippen molar-refractivity contribution in [2.75, 3.05) is 5.33 Å². The van der Waals surface area contributed by atoms with E-state index in [1.165, 1.54) is 0 Å². The molecule has 1 aromatic heterocycles. The fourth-order valence-electron chi connectivity index (χ4n) is 2.86. The smallest absolute Gasteiger partial charge is 0.264 e. The van der Waals surface area contributed by atoms with Gasteiger partial charge in [0.15, 0.2) is 14.8 Å². The monoisotopic (exact) mass is 409 g/mol. The number of para-hydroxylation sites is 1. The lowest BCUT2D eigenvalue weighted by molar-refractivity contribution is 0.101. The van der Waals surface area contributed by atoms with Crippen LogP contribution in [0.4, 0.5) is 0 Å². The first-order valence-corrected chi connectivity index (χ1v) is 12.0. The van der Waals surface area contributed by atoms with E-state index in [2.05, 4.69) is 29.0 Å². The summed E-state index contributed by atoms with van der Waals surface area (Å²) >= 11 is 3.22. The van der Waals surface area contributed by atoms with Gasteiger partial charge in [-0.25, -0.2) is 0 Å². The van der Waals surface area contributed by atoms with Gasteiger partial charge in [0.2, 0.25) is 0 Å². The predicted octanol–water partition coefficient (Wildman–Crippen LogP) is 3.83. The van der Waals surface area contributed by atoms with Crippen LogP contribution < -0.4 is 5.56 Å². The van der Waals surface area contributed by atoms with Crippen LogP contribution in [0.1, 0.15) is 36.7 Å². The Bertz CT molecular complexity index is 821. The van der Waals surface area contributed by atoms with Crippen LogP contribution in [0.2, 0.25) is 13.1 Å². The highest BCUT2D eigenvalue weighted by Crippen LogP contribution is 2.32. The zero-order valence-corrected chi connectivity index (χ0v) is 17.6. The zero-order chi connectivity index (χ0) is 18.1. The molecule has 2 rings (SSSR count). The summed E-state index contributed by atoms with van der Waals surface area (Å²) in [6.45, 7) is 10.4. The molecule has 1 heterocycles. The molecule has 0 amide bonds. The summed E-state index contributed by atoms with van der Waals surface area (Å²) in [6.07, 6.45) is 0. The first-order valence-electron chi connectivity index (χ1n) is 8.05. The van der Waals surface area contributed by atoms with Gasteiger partial charge in [0.25, 0.3) is 5.56 Å². The van der Waals surface area contributed by atoms with E-state index < -0.39 is 9.04 Å². The van der Waals surface area contributed by atoms with Crippen molar-refractivity contribution in [2.45, 2.75) is 46.0 Å². The van der Waals surface area contributed by atoms with Gasteiger partial charge in [0, 0.05) is 5.39 Å². The molecule has 0 saturated heterocycles. The standard InChI is InChI=1S/C18H24BrNO3Si/c1-18(2,3)16-12-8-6-7-9-13(12)20(11-23-24(4)5)17(22)15(16)14(21)10-19/h6-9,24H,10-11H2,1-5H3. The van der Waals surface area contributed by atoms with Crippen molar-refractivity contribution in [2.24, 2.45) is 0 Å². The highest BCUT2D eigenvalue weighted by atomic mass is 79.9. The number of carbonyl (C=O) groups excluding carboxylic acids is 1. The minimum Gasteiger partial charge on any atom is -0.403 e. The highest BCUT2D eigenvalue weighted by molar-refractivity contribution is 9.09. The van der Waals surface area contributed by atoms with Crippen molar-refractivity contribution in [3.63, 3.8) is 0 Å². The largest absolute Gasteiger partial charge is 0.403 e. The van der Waals surface area contributed by atoms with E-state index in [9.17, 15) is 9.59 Å². The number of benzene rings is 1. The molecule has 24 heavy (non-hydrogen) atoms. The number of rotatable bonds is 5. The molecule has 0 spiro atoms. The molecular weight excluding hydrogens is 386 g/mol. The van der Waals surface area contributed by atoms with Crippen molar-refractivity contribution in [1.29, 1.82) is 0 Å². The Balaban J connectivity index is 2.92. The summed E-state index contributed by atoms with van der Waals surface area (Å²) < 4.78 is 7.38. The summed E-state index contributed by atoms with van der Waals surface area (Å²) in [6, 6.07) is 7.74. The number of hydrogen-bond donors (Lipinski definition) is 0. The van der Waals surface area contributed by atoms with Crippen LogP contribution in [0.25, 0.3) is 10.9 Å². The number of nitrogens with zero attached hydrogens (tertiary/aromatic N) is 1. The van der Waals surface area contributed by atoms with Crippen LogP contribution >= 0.6 is 15.9 Å². The van der Waals surface area contributed by atoms with Crippen molar-refractivity contribution >= 4 is 41.7 Å². The molecular formula is C18H24BrNO3Si. The molecule has 0 radical (unpaired) electrons. The minimum absolute atomic E-state index is 0.128. The van der Waals surface area contributed by atoms with E-state index in [-0.39, 0.29) is 34.4 Å². The molecule has 0 aliphatic heterocycles. The third-order valence-electron chi connectivity index (χ3n) is 3.86. The maximum absolute atomic E-state index is 13.1. The Morgan fingerprint density at radius 3 is 2.42 bits per heavy atom. The van der Waals surface area contributed by atoms with Crippen LogP contribution in [0, 0.1) is 0 Å². The second-order valence-corrected chi connectivity index (χ2v) is 10.1. The summed E-state index contributed by atoms with van der Waals surface area (Å²) in [5.41, 5.74) is 1.31. The lowest BCUT2D eigenvalue weighted by atomic mass is 9.81. The van der Waals surface area contributed by atoms with Gasteiger partial charge in [-0.3, -0.25) is 14.2 Å². The summed E-state index contributed by atoms with van der Waals surface area (Å²) in [4.78, 5) is 25.7. The second-order valence-electron chi connectivity index (χ2n) is 7.15. The molecule has 2 aromatic rings. The Morgan fingerprint density at radius 2 is 1.88 bits per heavy atom. The number of alkyl halides is 1. The summed E-state index contributed by atoms with van der Waals surface area (Å²) in [7, 11) is -1.29. The first kappa shape index (κ1) is 19.1. The number of fused-ring (bicyclic) bond motifs is 1. The molecule has 0 aliphatic rings. The van der Waals surface area contributed by atoms with Crippen LogP contribution in [0.15, 0.2) is 29.1 Å². The van der Waals surface area contributed by atoms with E-state index in [1.807, 2.05) is 45.0 Å². The Morgan fingerprint density at radius 1 is 1.25 bits per heavy atom. The zero-order valence-electron chi connectivity index (χ0n) is 14.9. The third kappa shape index (κ3) is 3.71. The predicted molar refractivity (Wildman–Crippen MR) is 105 cm³/mol. The van der Waals surface area contributed by atoms with Gasteiger partial charge in [-0.05, 0) is 30.1 Å². The summed E-state index contributed by atoms with van der Waals surface area (Å²) in [5, 5.41) is 1.06. The first-order chi connectivity index (χ1) is 11.2. The third-order valence-corrected chi connectivity index (χ3v) is 5.19. The fourth-order valence-corrected chi connectivity index (χ4v) is 3.59. The highest BCUT2D eigenvalue weighted by Gasteiger charge is 2.28. The van der Waals surface area contributed by atoms with Crippen molar-refractivity contribution in [3.8, 4) is 0 Å². The number of halogens is 1. The maximum atomic E-state index is 13.1. The van der Waals surface area contributed by atoms with E-state index in [4.69, 9.17) is 4.43 Å². The van der Waals surface area contributed by atoms with Crippen LogP contribution in [-0.4, -0.2) is 24.7 Å². The molecule has 0 unspecified atom stereocenters. The number of pyridine rings is 1. The summed E-state index contributed by atoms with van der Waals surface area (Å²) in [5.74, 6) is -0.189. The molecule has 6 heteroatoms. The number of Topliss-reactive ketones (excluding diaryl/α,β-unsaturated/α-hetero) is 1. The molecule has 0 aliphatic carbocycles. The molecule has 4 nitrogen and oxygen atoms in total. The van der Waals surface area contributed by atoms with Crippen LogP contribution in [-0.2, 0) is 16.6 Å². The normalized spacial score (nSPS) is 12.1. The second kappa shape index (κ2) is 7.33. The number of aromatic nitrogens is 1. The lowest BCUT2D eigenvalue weighted by Crippen LogP contribution is -2.34. The Hall–Kier alpha value is -1.24. The van der Waals surface area contributed by atoms with Crippen LogP contribution in [0.5, 0.6) is 0 Å². The molecule has 0 N–H and O–H groups in total. The maximum Gasteiger partial charge on any atom is 0.264 e. The molecule has 0 atom stereocenters. The average molecular weight is 410 g/mol. The molecule has 0 fully saturated rings. The van der Waals surface area contributed by atoms with Crippen molar-refractivity contribution in [3.05, 3.63) is 45.7 Å². The average Bonchev–Trinajstić information content (AvgIpc) is 2.51. The number of hydrogen-bond acceptors (Lipinski definition) is 3. The van der Waals surface area contributed by atoms with E-state index in [1.54, 1.807) is 4.57 Å². The Labute approximate surface area is 152 Å². The van der Waals surface area contributed by atoms with Crippen molar-refractivity contribution in [1.82, 2.24) is 4.57 Å². The minimum atomic E-state index is -1.29. The van der Waals surface area contributed by atoms with Gasteiger partial charge in [-0.1, -0.05) is 54.9 Å². The van der Waals surface area contributed by atoms with Gasteiger partial charge in [-0.2, -0.15) is 0 Å². The van der Waals surface area contributed by atoms with Gasteiger partial charge < -0.3 is 4.43 Å². The fraction of sp³-hybridized carbons (Fsp3) is 0.444. The number of ketones is 1. The van der Waals surface area contributed by atoms with E-state index >= 15 is 0 Å². The van der Waals surface area contributed by atoms with Crippen molar-refractivity contribution < 1.29 is 9.22 Å². The van der Waals surface area contributed by atoms with E-state index in [0.717, 1.165) is 16.5 Å². The van der Waals surface area contributed by atoms with Gasteiger partial charge in [0.1, 0.15) is 6.73 Å². The quantitative estimate of drug-likeness (QED) is 0.428. The SMILES string of the molecule is C[SiH](C)OCn1c(=O)c(C(=O)CBr)c(C(C)(C)C)c2ccccc21. The molecule has 1 aromatic carbocycles. The topological polar surface area (TPSA) is 48.3 Å². The van der Waals surface area contributed by atoms with Gasteiger partial charge in [0.05, 0.1) is 16.4 Å². The molecule has 130 valence electrons. The Kier molecular flexibility index (Phi) is 5.83. The van der Waals surface area contributed by atoms with Gasteiger partial charge in [-0.15, -0.1) is 0 Å². The van der Waals surface area contributed by atoms with Crippen LogP contribution in [0.3, 0.4) is 0 Å². The lowest BCUT2D eigenvalue weighted by Gasteiger charge is -2.26. The number of carbonyl (C=O) groups is 1. The van der Waals surface area contributed by atoms with Gasteiger partial charge >= 0.3 is 0 Å². The van der Waals surface area contributed by atoms with E-state index in [0.29, 0.717) is 0 Å². The molecule has 0 bridgehead atoms.